The van der Waals surface area contributed by atoms with E-state index in [9.17, 15) is 5.11 Å². The summed E-state index contributed by atoms with van der Waals surface area (Å²) in [5, 5.41) is 10.3. The van der Waals surface area contributed by atoms with Gasteiger partial charge in [0.1, 0.15) is 23.4 Å². The molecule has 1 heterocycles. The lowest BCUT2D eigenvalue weighted by Crippen LogP contribution is -2.30. The number of ether oxygens (including phenoxy) is 3. The summed E-state index contributed by atoms with van der Waals surface area (Å²) in [5.41, 5.74) is 1.92. The lowest BCUT2D eigenvalue weighted by Gasteiger charge is -2.31. The Kier molecular flexibility index (Phi) is 3.71. The van der Waals surface area contributed by atoms with Gasteiger partial charge in [0.2, 0.25) is 0 Å². The third-order valence-corrected chi connectivity index (χ3v) is 3.75. The van der Waals surface area contributed by atoms with E-state index in [0.717, 1.165) is 28.4 Å². The third-order valence-electron chi connectivity index (χ3n) is 3.75. The predicted octanol–water partition coefficient (Wildman–Crippen LogP) is 2.74. The molecule has 1 aliphatic heterocycles. The Morgan fingerprint density at radius 2 is 1.67 bits per heavy atom. The van der Waals surface area contributed by atoms with E-state index in [2.05, 4.69) is 0 Å². The molecule has 0 saturated carbocycles. The van der Waals surface area contributed by atoms with E-state index in [1.807, 2.05) is 42.5 Å². The van der Waals surface area contributed by atoms with Crippen LogP contribution in [-0.4, -0.2) is 25.4 Å². The second-order valence-corrected chi connectivity index (χ2v) is 5.06. The van der Waals surface area contributed by atoms with Crippen molar-refractivity contribution < 1.29 is 19.3 Å². The summed E-state index contributed by atoms with van der Waals surface area (Å²) < 4.78 is 16.3. The van der Waals surface area contributed by atoms with Crippen molar-refractivity contribution in [2.24, 2.45) is 0 Å². The molecular weight excluding hydrogens is 268 g/mol. The monoisotopic (exact) mass is 286 g/mol. The summed E-state index contributed by atoms with van der Waals surface area (Å²) >= 11 is 0. The molecule has 0 aliphatic carbocycles. The fraction of sp³-hybridized carbons (Fsp3) is 0.294. The molecule has 0 saturated heterocycles. The molecule has 4 heteroatoms. The second-order valence-electron chi connectivity index (χ2n) is 5.06. The fourth-order valence-electron chi connectivity index (χ4n) is 2.57. The number of aliphatic hydroxyl groups is 1. The summed E-state index contributed by atoms with van der Waals surface area (Å²) in [5.74, 6) is 2.30. The van der Waals surface area contributed by atoms with Crippen LogP contribution in [0.3, 0.4) is 0 Å². The van der Waals surface area contributed by atoms with Crippen LogP contribution in [0, 0.1) is 0 Å². The molecule has 0 aromatic heterocycles. The summed E-state index contributed by atoms with van der Waals surface area (Å²) in [7, 11) is 3.25. The molecule has 0 radical (unpaired) electrons. The molecule has 0 unspecified atom stereocenters. The molecule has 2 aromatic rings. The van der Waals surface area contributed by atoms with Gasteiger partial charge < -0.3 is 19.3 Å². The normalized spacial score (nSPS) is 20.3. The van der Waals surface area contributed by atoms with E-state index in [1.54, 1.807) is 14.2 Å². The van der Waals surface area contributed by atoms with E-state index in [0.29, 0.717) is 6.42 Å². The standard InChI is InChI=1S/C17H18O4/c1-19-13-6-3-11(4-7-13)17-15(18)9-12-5-8-14(20-2)10-16(12)21-17/h3-8,10,15,17-18H,9H2,1-2H3/t15-,17+/m0/s1. The van der Waals surface area contributed by atoms with Crippen molar-refractivity contribution in [1.29, 1.82) is 0 Å². The Bertz CT molecular complexity index is 621. The SMILES string of the molecule is COc1ccc([C@H]2Oc3cc(OC)ccc3C[C@@H]2O)cc1. The maximum absolute atomic E-state index is 10.3. The van der Waals surface area contributed by atoms with Gasteiger partial charge in [-0.2, -0.15) is 0 Å². The predicted molar refractivity (Wildman–Crippen MR) is 79.1 cm³/mol. The summed E-state index contributed by atoms with van der Waals surface area (Å²) in [6, 6.07) is 13.2. The van der Waals surface area contributed by atoms with Crippen LogP contribution in [0.4, 0.5) is 0 Å². The first-order chi connectivity index (χ1) is 10.2. The summed E-state index contributed by atoms with van der Waals surface area (Å²) in [6.07, 6.45) is -0.384. The first-order valence-corrected chi connectivity index (χ1v) is 6.87. The number of methoxy groups -OCH3 is 2. The minimum atomic E-state index is -0.570. The van der Waals surface area contributed by atoms with Crippen LogP contribution in [0.1, 0.15) is 17.2 Å². The maximum Gasteiger partial charge on any atom is 0.150 e. The highest BCUT2D eigenvalue weighted by Gasteiger charge is 2.30. The average molecular weight is 286 g/mol. The van der Waals surface area contributed by atoms with Gasteiger partial charge in [-0.3, -0.25) is 0 Å². The van der Waals surface area contributed by atoms with Gasteiger partial charge in [-0.25, -0.2) is 0 Å². The first-order valence-electron chi connectivity index (χ1n) is 6.87. The van der Waals surface area contributed by atoms with E-state index < -0.39 is 6.10 Å². The Hall–Kier alpha value is -2.20. The van der Waals surface area contributed by atoms with Crippen molar-refractivity contribution in [3.63, 3.8) is 0 Å². The van der Waals surface area contributed by atoms with Crippen LogP contribution in [0.5, 0.6) is 17.2 Å². The van der Waals surface area contributed by atoms with Crippen LogP contribution >= 0.6 is 0 Å². The Morgan fingerprint density at radius 1 is 1.00 bits per heavy atom. The number of fused-ring (bicyclic) bond motifs is 1. The maximum atomic E-state index is 10.3. The molecule has 2 aromatic carbocycles. The van der Waals surface area contributed by atoms with Crippen molar-refractivity contribution in [2.45, 2.75) is 18.6 Å². The summed E-state index contributed by atoms with van der Waals surface area (Å²) in [6.45, 7) is 0. The third kappa shape index (κ3) is 2.67. The van der Waals surface area contributed by atoms with Crippen LogP contribution in [-0.2, 0) is 6.42 Å². The molecule has 0 bridgehead atoms. The van der Waals surface area contributed by atoms with Gasteiger partial charge in [-0.1, -0.05) is 18.2 Å². The zero-order valence-electron chi connectivity index (χ0n) is 12.1. The Labute approximate surface area is 123 Å². The van der Waals surface area contributed by atoms with Gasteiger partial charge in [0.05, 0.1) is 20.3 Å². The van der Waals surface area contributed by atoms with Crippen molar-refractivity contribution in [3.8, 4) is 17.2 Å². The molecule has 21 heavy (non-hydrogen) atoms. The van der Waals surface area contributed by atoms with Gasteiger partial charge in [-0.05, 0) is 29.3 Å². The molecule has 1 aliphatic rings. The molecule has 0 amide bonds. The van der Waals surface area contributed by atoms with Crippen molar-refractivity contribution in [3.05, 3.63) is 53.6 Å². The van der Waals surface area contributed by atoms with Gasteiger partial charge in [0.15, 0.2) is 0 Å². The Morgan fingerprint density at radius 3 is 2.33 bits per heavy atom. The highest BCUT2D eigenvalue weighted by Crippen LogP contribution is 2.37. The molecule has 0 fully saturated rings. The summed E-state index contributed by atoms with van der Waals surface area (Å²) in [4.78, 5) is 0. The molecule has 2 atom stereocenters. The number of hydrogen-bond donors (Lipinski definition) is 1. The van der Waals surface area contributed by atoms with Crippen molar-refractivity contribution in [1.82, 2.24) is 0 Å². The van der Waals surface area contributed by atoms with Gasteiger partial charge in [0, 0.05) is 12.5 Å². The van der Waals surface area contributed by atoms with E-state index >= 15 is 0 Å². The molecule has 4 nitrogen and oxygen atoms in total. The van der Waals surface area contributed by atoms with Gasteiger partial charge >= 0.3 is 0 Å². The van der Waals surface area contributed by atoms with E-state index in [-0.39, 0.29) is 6.10 Å². The smallest absolute Gasteiger partial charge is 0.150 e. The largest absolute Gasteiger partial charge is 0.497 e. The highest BCUT2D eigenvalue weighted by atomic mass is 16.5. The van der Waals surface area contributed by atoms with Crippen molar-refractivity contribution in [2.75, 3.05) is 14.2 Å². The number of hydrogen-bond acceptors (Lipinski definition) is 4. The zero-order chi connectivity index (χ0) is 14.8. The topological polar surface area (TPSA) is 47.9 Å². The van der Waals surface area contributed by atoms with Gasteiger partial charge in [-0.15, -0.1) is 0 Å². The number of rotatable bonds is 3. The van der Waals surface area contributed by atoms with Crippen LogP contribution in [0.15, 0.2) is 42.5 Å². The molecule has 0 spiro atoms. The van der Waals surface area contributed by atoms with Crippen LogP contribution in [0.2, 0.25) is 0 Å². The van der Waals surface area contributed by atoms with E-state index in [1.165, 1.54) is 0 Å². The highest BCUT2D eigenvalue weighted by molar-refractivity contribution is 5.43. The molecular formula is C17H18O4. The fourth-order valence-corrected chi connectivity index (χ4v) is 2.57. The number of benzene rings is 2. The van der Waals surface area contributed by atoms with Gasteiger partial charge in [0.25, 0.3) is 0 Å². The van der Waals surface area contributed by atoms with Crippen LogP contribution < -0.4 is 14.2 Å². The molecule has 110 valence electrons. The second kappa shape index (κ2) is 5.66. The number of aliphatic hydroxyl groups excluding tert-OH is 1. The minimum absolute atomic E-state index is 0.379. The van der Waals surface area contributed by atoms with Crippen molar-refractivity contribution >= 4 is 0 Å². The lowest BCUT2D eigenvalue weighted by molar-refractivity contribution is 0.0206. The first kappa shape index (κ1) is 13.8. The molecule has 3 rings (SSSR count). The molecule has 1 N–H and O–H groups in total. The quantitative estimate of drug-likeness (QED) is 0.942. The minimum Gasteiger partial charge on any atom is -0.497 e. The lowest BCUT2D eigenvalue weighted by atomic mass is 9.94. The zero-order valence-corrected chi connectivity index (χ0v) is 12.1. The van der Waals surface area contributed by atoms with E-state index in [4.69, 9.17) is 14.2 Å². The average Bonchev–Trinajstić information content (AvgIpc) is 2.54. The van der Waals surface area contributed by atoms with Crippen LogP contribution in [0.25, 0.3) is 0 Å². The Balaban J connectivity index is 1.89.